The number of allylic oxidation sites excluding steroid dienone is 1. The van der Waals surface area contributed by atoms with Crippen molar-refractivity contribution in [2.45, 2.75) is 38.8 Å². The third-order valence-corrected chi connectivity index (χ3v) is 8.81. The number of aromatic amines is 1. The summed E-state index contributed by atoms with van der Waals surface area (Å²) >= 11 is 0. The van der Waals surface area contributed by atoms with Crippen LogP contribution >= 0.6 is 0 Å². The summed E-state index contributed by atoms with van der Waals surface area (Å²) in [5, 5.41) is 27.7. The summed E-state index contributed by atoms with van der Waals surface area (Å²) in [5.74, 6) is 0.222. The van der Waals surface area contributed by atoms with Crippen LogP contribution in [0.3, 0.4) is 0 Å². The molecule has 5 heterocycles. The molecule has 2 saturated heterocycles. The van der Waals surface area contributed by atoms with E-state index in [9.17, 15) is 10.1 Å². The number of rotatable bonds is 6. The number of carbonyl (C=O) groups is 1. The van der Waals surface area contributed by atoms with E-state index < -0.39 is 0 Å². The Kier molecular flexibility index (Phi) is 7.68. The fourth-order valence-corrected chi connectivity index (χ4v) is 6.54. The second-order valence-electron chi connectivity index (χ2n) is 11.3. The van der Waals surface area contributed by atoms with Gasteiger partial charge in [0.25, 0.3) is 0 Å². The van der Waals surface area contributed by atoms with Crippen molar-refractivity contribution in [1.82, 2.24) is 25.0 Å². The van der Waals surface area contributed by atoms with E-state index in [2.05, 4.69) is 57.1 Å². The molecule has 6 rings (SSSR count). The molecule has 11 heteroatoms. The van der Waals surface area contributed by atoms with Gasteiger partial charge in [-0.15, -0.1) is 0 Å². The van der Waals surface area contributed by atoms with E-state index in [0.717, 1.165) is 65.9 Å². The first kappa shape index (κ1) is 27.6. The largest absolute Gasteiger partial charge is 0.475 e. The first-order valence-electron chi connectivity index (χ1n) is 14.5. The minimum Gasteiger partial charge on any atom is -0.475 e. The zero-order chi connectivity index (χ0) is 29.2. The lowest BCUT2D eigenvalue weighted by molar-refractivity contribution is -0.126. The van der Waals surface area contributed by atoms with Crippen molar-refractivity contribution in [3.63, 3.8) is 0 Å². The van der Waals surface area contributed by atoms with E-state index >= 15 is 0 Å². The number of aryl methyl sites for hydroxylation is 1. The van der Waals surface area contributed by atoms with Gasteiger partial charge >= 0.3 is 0 Å². The predicted molar refractivity (Wildman–Crippen MR) is 159 cm³/mol. The van der Waals surface area contributed by atoms with Crippen molar-refractivity contribution >= 4 is 28.2 Å². The van der Waals surface area contributed by atoms with E-state index in [4.69, 9.17) is 15.0 Å². The minimum atomic E-state index is -0.169. The number of nitrogens with zero attached hydrogens (tertiary/aromatic N) is 8. The Morgan fingerprint density at radius 3 is 2.71 bits per heavy atom. The number of anilines is 2. The summed E-state index contributed by atoms with van der Waals surface area (Å²) in [4.78, 5) is 26.1. The maximum Gasteiger partial charge on any atom is 0.247 e. The summed E-state index contributed by atoms with van der Waals surface area (Å²) in [7, 11) is 2.11. The number of nitrogens with one attached hydrogen (secondary N) is 1. The molecule has 42 heavy (non-hydrogen) atoms. The maximum absolute atomic E-state index is 12.5. The van der Waals surface area contributed by atoms with E-state index in [0.29, 0.717) is 56.8 Å². The Hall–Kier alpha value is -4.61. The number of pyridine rings is 1. The van der Waals surface area contributed by atoms with Gasteiger partial charge in [0.15, 0.2) is 0 Å². The molecule has 0 radical (unpaired) electrons. The number of hydrogen-bond donors (Lipinski definition) is 1. The van der Waals surface area contributed by atoms with Crippen LogP contribution in [0.5, 0.6) is 5.88 Å². The maximum atomic E-state index is 12.5. The highest BCUT2D eigenvalue weighted by Crippen LogP contribution is 2.39. The standard InChI is InChI=1S/C31H35N9O2/c1-21-7-8-26-25(18-34-36-26)29(21)40-12-9-23-27(19-40)35-31(42-20-22-5-4-11-37(22)2)24(17-33)30(23)39-15-13-38(14-16-39)28(41)6-3-10-32/h3,6-8,18,22H,4-5,9,11-16,19-20H2,1-2H3,(H,34,36). The average Bonchev–Trinajstić information content (AvgIpc) is 3.66. The summed E-state index contributed by atoms with van der Waals surface area (Å²) < 4.78 is 6.37. The molecule has 1 amide bonds. The lowest BCUT2D eigenvalue weighted by Crippen LogP contribution is -2.49. The van der Waals surface area contributed by atoms with Crippen LogP contribution in [-0.4, -0.2) is 89.9 Å². The number of fused-ring (bicyclic) bond motifs is 2. The van der Waals surface area contributed by atoms with Crippen molar-refractivity contribution in [2.75, 3.05) is 62.7 Å². The van der Waals surface area contributed by atoms with Gasteiger partial charge in [0.1, 0.15) is 18.2 Å². The molecule has 216 valence electrons. The molecule has 0 spiro atoms. The van der Waals surface area contributed by atoms with Gasteiger partial charge in [0.2, 0.25) is 11.8 Å². The number of carbonyl (C=O) groups excluding carboxylic acids is 1. The molecule has 1 atom stereocenters. The highest BCUT2D eigenvalue weighted by molar-refractivity contribution is 5.93. The van der Waals surface area contributed by atoms with Gasteiger partial charge < -0.3 is 24.3 Å². The van der Waals surface area contributed by atoms with E-state index in [-0.39, 0.29) is 5.91 Å². The Labute approximate surface area is 245 Å². The molecular weight excluding hydrogens is 530 g/mol. The van der Waals surface area contributed by atoms with Gasteiger partial charge in [-0.25, -0.2) is 4.98 Å². The summed E-state index contributed by atoms with van der Waals surface area (Å²) in [5.41, 5.74) is 6.67. The summed E-state index contributed by atoms with van der Waals surface area (Å²) in [6, 6.07) is 8.79. The second-order valence-corrected chi connectivity index (χ2v) is 11.3. The van der Waals surface area contributed by atoms with Crippen molar-refractivity contribution in [3.8, 4) is 18.0 Å². The van der Waals surface area contributed by atoms with Crippen LogP contribution in [0.15, 0.2) is 30.5 Å². The third-order valence-electron chi connectivity index (χ3n) is 8.81. The zero-order valence-corrected chi connectivity index (χ0v) is 24.1. The number of nitriles is 2. The van der Waals surface area contributed by atoms with Crippen LogP contribution in [0.25, 0.3) is 10.9 Å². The van der Waals surface area contributed by atoms with Gasteiger partial charge in [-0.05, 0) is 51.4 Å². The van der Waals surface area contributed by atoms with Gasteiger partial charge in [-0.1, -0.05) is 6.07 Å². The quantitative estimate of drug-likeness (QED) is 0.354. The Morgan fingerprint density at radius 1 is 1.14 bits per heavy atom. The number of H-pyrrole nitrogens is 1. The smallest absolute Gasteiger partial charge is 0.247 e. The third kappa shape index (κ3) is 5.12. The molecule has 2 fully saturated rings. The van der Waals surface area contributed by atoms with Crippen molar-refractivity contribution in [3.05, 3.63) is 52.9 Å². The first-order chi connectivity index (χ1) is 20.5. The molecule has 0 saturated carbocycles. The van der Waals surface area contributed by atoms with Crippen molar-refractivity contribution in [2.24, 2.45) is 0 Å². The number of benzene rings is 1. The van der Waals surface area contributed by atoms with Crippen LogP contribution in [-0.2, 0) is 17.8 Å². The lowest BCUT2D eigenvalue weighted by Gasteiger charge is -2.39. The molecule has 0 bridgehead atoms. The van der Waals surface area contributed by atoms with Gasteiger partial charge in [0.05, 0.1) is 41.4 Å². The molecule has 11 nitrogen and oxygen atoms in total. The number of piperazine rings is 1. The predicted octanol–water partition coefficient (Wildman–Crippen LogP) is 2.90. The molecule has 2 aromatic heterocycles. The Balaban J connectivity index is 1.35. The molecule has 3 aliphatic heterocycles. The summed E-state index contributed by atoms with van der Waals surface area (Å²) in [6.45, 7) is 7.20. The molecule has 3 aromatic rings. The molecular formula is C31H35N9O2. The highest BCUT2D eigenvalue weighted by atomic mass is 16.5. The fourth-order valence-electron chi connectivity index (χ4n) is 6.54. The SMILES string of the molecule is Cc1ccc2[nH]ncc2c1N1CCc2c(nc(OCC3CCCN3C)c(C#N)c2N2CCN(C(=O)C=CC#N)CC2)C1. The van der Waals surface area contributed by atoms with Crippen LogP contribution in [0.2, 0.25) is 0 Å². The van der Waals surface area contributed by atoms with E-state index in [1.807, 2.05) is 12.3 Å². The Bertz CT molecular complexity index is 1610. The number of ether oxygens (including phenoxy) is 1. The average molecular weight is 566 g/mol. The fraction of sp³-hybridized carbons (Fsp3) is 0.452. The number of likely N-dealkylation sites (N-methyl/N-ethyl adjacent to an activating group) is 1. The zero-order valence-electron chi connectivity index (χ0n) is 24.1. The number of amides is 1. The van der Waals surface area contributed by atoms with Gasteiger partial charge in [-0.3, -0.25) is 9.89 Å². The topological polar surface area (TPSA) is 128 Å². The van der Waals surface area contributed by atoms with Crippen molar-refractivity contribution in [1.29, 1.82) is 10.5 Å². The molecule has 3 aliphatic rings. The highest BCUT2D eigenvalue weighted by Gasteiger charge is 2.32. The monoisotopic (exact) mass is 565 g/mol. The van der Waals surface area contributed by atoms with Crippen molar-refractivity contribution < 1.29 is 9.53 Å². The van der Waals surface area contributed by atoms with E-state index in [1.165, 1.54) is 17.7 Å². The van der Waals surface area contributed by atoms with Gasteiger partial charge in [-0.2, -0.15) is 15.6 Å². The van der Waals surface area contributed by atoms with Crippen LogP contribution in [0, 0.1) is 29.6 Å². The molecule has 1 aromatic carbocycles. The number of hydrogen-bond acceptors (Lipinski definition) is 9. The van der Waals surface area contributed by atoms with E-state index in [1.54, 1.807) is 4.90 Å². The normalized spacial score (nSPS) is 19.2. The molecule has 0 aliphatic carbocycles. The molecule has 1 unspecified atom stereocenters. The summed E-state index contributed by atoms with van der Waals surface area (Å²) in [6.07, 6.45) is 7.34. The van der Waals surface area contributed by atoms with Crippen LogP contribution in [0.1, 0.15) is 35.2 Å². The molecule has 1 N–H and O–H groups in total. The van der Waals surface area contributed by atoms with Gasteiger partial charge in [0, 0.05) is 61.9 Å². The lowest BCUT2D eigenvalue weighted by atomic mass is 9.97. The van der Waals surface area contributed by atoms with Crippen LogP contribution in [0.4, 0.5) is 11.4 Å². The first-order valence-corrected chi connectivity index (χ1v) is 14.5. The second kappa shape index (κ2) is 11.7. The minimum absolute atomic E-state index is 0.169. The van der Waals surface area contributed by atoms with Crippen LogP contribution < -0.4 is 14.5 Å². The number of likely N-dealkylation sites (tertiary alicyclic amines) is 1. The Morgan fingerprint density at radius 2 is 1.98 bits per heavy atom. The number of aromatic nitrogens is 3.